The summed E-state index contributed by atoms with van der Waals surface area (Å²) >= 11 is 0. The first kappa shape index (κ1) is 16.2. The maximum absolute atomic E-state index is 14.5. The van der Waals surface area contributed by atoms with Crippen LogP contribution in [0.5, 0.6) is 0 Å². The summed E-state index contributed by atoms with van der Waals surface area (Å²) in [4.78, 5) is 13.2. The molecular weight excluding hydrogens is 303 g/mol. The lowest BCUT2D eigenvalue weighted by molar-refractivity contribution is -0.0152. The molecule has 0 bridgehead atoms. The van der Waals surface area contributed by atoms with Gasteiger partial charge in [0.1, 0.15) is 11.9 Å². The largest absolute Gasteiger partial charge is 0.443 e. The zero-order valence-electron chi connectivity index (χ0n) is 12.7. The monoisotopic (exact) mass is 324 g/mol. The van der Waals surface area contributed by atoms with E-state index >= 15 is 0 Å². The minimum atomic E-state index is -0.827. The van der Waals surface area contributed by atoms with Gasteiger partial charge in [0, 0.05) is 6.54 Å². The van der Waals surface area contributed by atoms with Gasteiger partial charge in [0.25, 0.3) is 0 Å². The van der Waals surface area contributed by atoms with Gasteiger partial charge >= 0.3 is 6.09 Å². The number of aliphatic hydroxyl groups is 2. The number of benzene rings is 1. The molecule has 1 saturated carbocycles. The topological polar surface area (TPSA) is 96.0 Å². The molecule has 1 saturated heterocycles. The van der Waals surface area contributed by atoms with Gasteiger partial charge in [-0.2, -0.15) is 0 Å². The van der Waals surface area contributed by atoms with Gasteiger partial charge in [0.05, 0.1) is 24.4 Å². The number of halogens is 1. The van der Waals surface area contributed by atoms with Crippen molar-refractivity contribution >= 4 is 11.8 Å². The molecule has 4 unspecified atom stereocenters. The van der Waals surface area contributed by atoms with Crippen LogP contribution in [0.15, 0.2) is 18.2 Å². The summed E-state index contributed by atoms with van der Waals surface area (Å²) in [5.74, 6) is -0.551. The van der Waals surface area contributed by atoms with Crippen LogP contribution in [-0.2, 0) is 4.74 Å². The molecule has 1 aliphatic carbocycles. The van der Waals surface area contributed by atoms with Crippen molar-refractivity contribution in [1.29, 1.82) is 0 Å². The van der Waals surface area contributed by atoms with E-state index in [-0.39, 0.29) is 18.6 Å². The van der Waals surface area contributed by atoms with Crippen molar-refractivity contribution < 1.29 is 24.1 Å². The minimum Gasteiger partial charge on any atom is -0.443 e. The Bertz CT molecular complexity index is 597. The molecule has 1 amide bonds. The first-order valence-electron chi connectivity index (χ1n) is 7.83. The van der Waals surface area contributed by atoms with Crippen molar-refractivity contribution in [3.05, 3.63) is 29.6 Å². The Morgan fingerprint density at radius 3 is 2.70 bits per heavy atom. The van der Waals surface area contributed by atoms with Gasteiger partial charge in [-0.15, -0.1) is 0 Å². The lowest BCUT2D eigenvalue weighted by Crippen LogP contribution is -2.33. The van der Waals surface area contributed by atoms with Crippen LogP contribution in [0.4, 0.5) is 14.9 Å². The molecule has 3 rings (SSSR count). The van der Waals surface area contributed by atoms with E-state index in [4.69, 9.17) is 10.5 Å². The Morgan fingerprint density at radius 1 is 1.30 bits per heavy atom. The molecule has 0 aromatic heterocycles. The Labute approximate surface area is 133 Å². The molecule has 1 aromatic carbocycles. The number of carbonyl (C=O) groups is 1. The fourth-order valence-corrected chi connectivity index (χ4v) is 3.28. The van der Waals surface area contributed by atoms with Crippen LogP contribution >= 0.6 is 0 Å². The van der Waals surface area contributed by atoms with Gasteiger partial charge in [0.2, 0.25) is 0 Å². The summed E-state index contributed by atoms with van der Waals surface area (Å²) in [5, 5.41) is 19.3. The highest BCUT2D eigenvalue weighted by Crippen LogP contribution is 2.36. The predicted molar refractivity (Wildman–Crippen MR) is 81.7 cm³/mol. The van der Waals surface area contributed by atoms with Crippen molar-refractivity contribution in [2.45, 2.75) is 43.5 Å². The van der Waals surface area contributed by atoms with Gasteiger partial charge in [0.15, 0.2) is 0 Å². The molecule has 0 radical (unpaired) electrons. The maximum atomic E-state index is 14.5. The van der Waals surface area contributed by atoms with E-state index in [1.165, 1.54) is 11.0 Å². The quantitative estimate of drug-likeness (QED) is 0.774. The summed E-state index contributed by atoms with van der Waals surface area (Å²) in [6, 6.07) is 4.63. The lowest BCUT2D eigenvalue weighted by atomic mass is 9.81. The second-order valence-corrected chi connectivity index (χ2v) is 6.20. The molecule has 0 spiro atoms. The van der Waals surface area contributed by atoms with Gasteiger partial charge < -0.3 is 20.7 Å². The number of rotatable bonds is 3. The molecule has 4 N–H and O–H groups in total. The molecule has 126 valence electrons. The summed E-state index contributed by atoms with van der Waals surface area (Å²) < 4.78 is 19.5. The third kappa shape index (κ3) is 3.17. The number of cyclic esters (lactones) is 1. The average molecular weight is 324 g/mol. The number of carbonyl (C=O) groups excluding carboxylic acids is 1. The van der Waals surface area contributed by atoms with E-state index < -0.39 is 24.1 Å². The fraction of sp³-hybridized carbons (Fsp3) is 0.562. The van der Waals surface area contributed by atoms with E-state index in [0.717, 1.165) is 0 Å². The molecule has 1 aliphatic heterocycles. The first-order valence-corrected chi connectivity index (χ1v) is 7.83. The Morgan fingerprint density at radius 2 is 2.09 bits per heavy atom. The number of ether oxygens (including phenoxy) is 1. The van der Waals surface area contributed by atoms with Crippen LogP contribution < -0.4 is 10.6 Å². The SMILES string of the molecule is NCC1CN(c2ccc(C3CCC(O)C(O)C3)c(F)c2)C(=O)O1. The summed E-state index contributed by atoms with van der Waals surface area (Å²) in [6.45, 7) is 0.535. The number of hydrogen-bond donors (Lipinski definition) is 3. The minimum absolute atomic E-state index is 0.134. The van der Waals surface area contributed by atoms with Crippen molar-refractivity contribution in [3.63, 3.8) is 0 Å². The molecule has 4 atom stereocenters. The molecule has 7 heteroatoms. The molecular formula is C16H21FN2O4. The van der Waals surface area contributed by atoms with Gasteiger partial charge in [-0.1, -0.05) is 6.07 Å². The third-order valence-corrected chi connectivity index (χ3v) is 4.65. The predicted octanol–water partition coefficient (Wildman–Crippen LogP) is 1.10. The third-order valence-electron chi connectivity index (χ3n) is 4.65. The number of hydrogen-bond acceptors (Lipinski definition) is 5. The smallest absolute Gasteiger partial charge is 0.414 e. The van der Waals surface area contributed by atoms with Crippen molar-refractivity contribution in [2.75, 3.05) is 18.0 Å². The van der Waals surface area contributed by atoms with Gasteiger partial charge in [-0.3, -0.25) is 4.90 Å². The van der Waals surface area contributed by atoms with Crippen LogP contribution in [0.3, 0.4) is 0 Å². The van der Waals surface area contributed by atoms with Crippen molar-refractivity contribution in [1.82, 2.24) is 0 Å². The van der Waals surface area contributed by atoms with Crippen molar-refractivity contribution in [3.8, 4) is 0 Å². The van der Waals surface area contributed by atoms with Crippen LogP contribution in [0.25, 0.3) is 0 Å². The van der Waals surface area contributed by atoms with Crippen LogP contribution in [0.1, 0.15) is 30.7 Å². The highest BCUT2D eigenvalue weighted by molar-refractivity contribution is 5.89. The Hall–Kier alpha value is -1.70. The summed E-state index contributed by atoms with van der Waals surface area (Å²) in [5.41, 5.74) is 6.43. The first-order chi connectivity index (χ1) is 11.0. The van der Waals surface area contributed by atoms with E-state index in [1.54, 1.807) is 12.1 Å². The average Bonchev–Trinajstić information content (AvgIpc) is 2.91. The fourth-order valence-electron chi connectivity index (χ4n) is 3.28. The van der Waals surface area contributed by atoms with Crippen LogP contribution in [0.2, 0.25) is 0 Å². The van der Waals surface area contributed by atoms with E-state index in [0.29, 0.717) is 37.1 Å². The molecule has 1 heterocycles. The maximum Gasteiger partial charge on any atom is 0.414 e. The Balaban J connectivity index is 1.77. The second kappa shape index (κ2) is 6.43. The standard InChI is InChI=1S/C16H21FN2O4/c17-13-6-10(19-8-11(7-18)23-16(19)22)2-3-12(13)9-1-4-14(20)15(21)5-9/h2-3,6,9,11,14-15,20-21H,1,4-5,7-8,18H2. The number of anilines is 1. The molecule has 2 aliphatic rings. The van der Waals surface area contributed by atoms with Crippen molar-refractivity contribution in [2.24, 2.45) is 5.73 Å². The highest BCUT2D eigenvalue weighted by Gasteiger charge is 2.33. The van der Waals surface area contributed by atoms with E-state index in [1.807, 2.05) is 0 Å². The zero-order valence-corrected chi connectivity index (χ0v) is 12.7. The van der Waals surface area contributed by atoms with Crippen LogP contribution in [0, 0.1) is 5.82 Å². The van der Waals surface area contributed by atoms with Gasteiger partial charge in [-0.25, -0.2) is 9.18 Å². The summed E-state index contributed by atoms with van der Waals surface area (Å²) in [7, 11) is 0. The Kier molecular flexibility index (Phi) is 4.52. The number of amides is 1. The van der Waals surface area contributed by atoms with Crippen LogP contribution in [-0.4, -0.2) is 47.7 Å². The molecule has 2 fully saturated rings. The lowest BCUT2D eigenvalue weighted by Gasteiger charge is -2.30. The highest BCUT2D eigenvalue weighted by atomic mass is 19.1. The number of aliphatic hydroxyl groups excluding tert-OH is 2. The number of nitrogens with two attached hydrogens (primary N) is 1. The molecule has 6 nitrogen and oxygen atoms in total. The van der Waals surface area contributed by atoms with E-state index in [9.17, 15) is 19.4 Å². The van der Waals surface area contributed by atoms with E-state index in [2.05, 4.69) is 0 Å². The second-order valence-electron chi connectivity index (χ2n) is 6.20. The summed E-state index contributed by atoms with van der Waals surface area (Å²) in [6.07, 6.45) is -1.06. The van der Waals surface area contributed by atoms with Gasteiger partial charge in [-0.05, 0) is 42.9 Å². The normalized spacial score (nSPS) is 31.3. The molecule has 1 aromatic rings. The number of nitrogens with zero attached hydrogens (tertiary/aromatic N) is 1. The molecule has 23 heavy (non-hydrogen) atoms. The zero-order chi connectivity index (χ0) is 16.6.